The van der Waals surface area contributed by atoms with Crippen LogP contribution in [0.25, 0.3) is 0 Å². The van der Waals surface area contributed by atoms with Crippen molar-refractivity contribution >= 4 is 12.0 Å². The van der Waals surface area contributed by atoms with E-state index < -0.39 is 12.1 Å². The molecule has 20 heavy (non-hydrogen) atoms. The Morgan fingerprint density at radius 3 is 2.70 bits per heavy atom. The lowest BCUT2D eigenvalue weighted by atomic mass is 10.1. The molecule has 0 spiro atoms. The molecule has 1 heterocycles. The van der Waals surface area contributed by atoms with Crippen molar-refractivity contribution in [3.8, 4) is 0 Å². The van der Waals surface area contributed by atoms with Crippen LogP contribution in [-0.4, -0.2) is 31.2 Å². The van der Waals surface area contributed by atoms with E-state index in [1.165, 1.54) is 5.56 Å². The Morgan fingerprint density at radius 2 is 2.05 bits per heavy atom. The lowest BCUT2D eigenvalue weighted by molar-refractivity contribution is -0.128. The summed E-state index contributed by atoms with van der Waals surface area (Å²) in [5, 5.41) is 5.06. The molecule has 1 fully saturated rings. The monoisotopic (exact) mass is 276 g/mol. The van der Waals surface area contributed by atoms with Crippen molar-refractivity contribution in [1.82, 2.24) is 10.6 Å². The highest BCUT2D eigenvalue weighted by Crippen LogP contribution is 2.06. The fourth-order valence-electron chi connectivity index (χ4n) is 2.01. The Labute approximate surface area is 118 Å². The standard InChI is InChI=1S/C15H20N2O3/c18-14-13(11-16-14)17-15(19)20-10-6-2-5-9-12-7-3-1-4-8-12/h1,3-4,7-8,13H,2,5-6,9-11H2,(H,16,18)(H,17,19). The molecule has 108 valence electrons. The van der Waals surface area contributed by atoms with Gasteiger partial charge in [0.2, 0.25) is 5.91 Å². The number of rotatable bonds is 7. The Bertz CT molecular complexity index is 448. The number of β-lactam (4-membered cyclic amide) rings is 1. The van der Waals surface area contributed by atoms with E-state index in [2.05, 4.69) is 22.8 Å². The first-order valence-electron chi connectivity index (χ1n) is 7.00. The van der Waals surface area contributed by atoms with Gasteiger partial charge in [-0.3, -0.25) is 4.79 Å². The lowest BCUT2D eigenvalue weighted by Crippen LogP contribution is -2.61. The molecule has 0 bridgehead atoms. The molecule has 2 N–H and O–H groups in total. The predicted octanol–water partition coefficient (Wildman–Crippen LogP) is 1.62. The van der Waals surface area contributed by atoms with E-state index in [4.69, 9.17) is 4.74 Å². The normalized spacial score (nSPS) is 17.0. The average molecular weight is 276 g/mol. The third-order valence-corrected chi connectivity index (χ3v) is 3.27. The third-order valence-electron chi connectivity index (χ3n) is 3.27. The first-order chi connectivity index (χ1) is 9.75. The van der Waals surface area contributed by atoms with Crippen LogP contribution in [0.4, 0.5) is 4.79 Å². The summed E-state index contributed by atoms with van der Waals surface area (Å²) in [6.45, 7) is 0.889. The van der Waals surface area contributed by atoms with Crippen LogP contribution < -0.4 is 10.6 Å². The molecule has 1 aliphatic rings. The van der Waals surface area contributed by atoms with Crippen molar-refractivity contribution in [2.24, 2.45) is 0 Å². The van der Waals surface area contributed by atoms with E-state index in [0.717, 1.165) is 25.7 Å². The van der Waals surface area contributed by atoms with Gasteiger partial charge in [-0.15, -0.1) is 0 Å². The number of carbonyl (C=O) groups excluding carboxylic acids is 2. The zero-order valence-electron chi connectivity index (χ0n) is 11.4. The molecule has 1 atom stereocenters. The zero-order valence-corrected chi connectivity index (χ0v) is 11.4. The highest BCUT2D eigenvalue weighted by atomic mass is 16.5. The van der Waals surface area contributed by atoms with E-state index in [0.29, 0.717) is 13.2 Å². The second kappa shape index (κ2) is 7.53. The van der Waals surface area contributed by atoms with Gasteiger partial charge in [-0.25, -0.2) is 4.79 Å². The van der Waals surface area contributed by atoms with Crippen molar-refractivity contribution in [2.75, 3.05) is 13.2 Å². The molecule has 0 aliphatic carbocycles. The molecule has 1 aromatic rings. The largest absolute Gasteiger partial charge is 0.450 e. The molecule has 1 aliphatic heterocycles. The molecular formula is C15H20N2O3. The van der Waals surface area contributed by atoms with Crippen molar-refractivity contribution < 1.29 is 14.3 Å². The fourth-order valence-corrected chi connectivity index (χ4v) is 2.01. The Balaban J connectivity index is 1.47. The van der Waals surface area contributed by atoms with Gasteiger partial charge < -0.3 is 15.4 Å². The molecule has 5 heteroatoms. The summed E-state index contributed by atoms with van der Waals surface area (Å²) < 4.78 is 5.02. The molecular weight excluding hydrogens is 256 g/mol. The third kappa shape index (κ3) is 4.57. The van der Waals surface area contributed by atoms with Gasteiger partial charge in [0.25, 0.3) is 0 Å². The van der Waals surface area contributed by atoms with E-state index in [9.17, 15) is 9.59 Å². The summed E-state index contributed by atoms with van der Waals surface area (Å²) in [5.41, 5.74) is 1.34. The van der Waals surface area contributed by atoms with Gasteiger partial charge in [-0.2, -0.15) is 0 Å². The minimum Gasteiger partial charge on any atom is -0.450 e. The van der Waals surface area contributed by atoms with E-state index >= 15 is 0 Å². The topological polar surface area (TPSA) is 67.4 Å². The number of nitrogens with one attached hydrogen (secondary N) is 2. The van der Waals surface area contributed by atoms with Gasteiger partial charge in [0.15, 0.2) is 0 Å². The summed E-state index contributed by atoms with van der Waals surface area (Å²) in [7, 11) is 0. The molecule has 0 aromatic heterocycles. The summed E-state index contributed by atoms with van der Waals surface area (Å²) in [6, 6.07) is 9.92. The first-order valence-corrected chi connectivity index (χ1v) is 7.00. The Hall–Kier alpha value is -2.04. The van der Waals surface area contributed by atoms with Gasteiger partial charge in [0.1, 0.15) is 6.04 Å². The van der Waals surface area contributed by atoms with Crippen LogP contribution in [0.2, 0.25) is 0 Å². The number of hydrogen-bond donors (Lipinski definition) is 2. The first kappa shape index (κ1) is 14.4. The number of ether oxygens (including phenoxy) is 1. The minimum atomic E-state index is -0.507. The van der Waals surface area contributed by atoms with Crippen LogP contribution in [0.5, 0.6) is 0 Å². The Morgan fingerprint density at radius 1 is 1.25 bits per heavy atom. The molecule has 1 unspecified atom stereocenters. The van der Waals surface area contributed by atoms with Crippen LogP contribution in [0.3, 0.4) is 0 Å². The summed E-state index contributed by atoms with van der Waals surface area (Å²) >= 11 is 0. The number of benzene rings is 1. The fraction of sp³-hybridized carbons (Fsp3) is 0.467. The van der Waals surface area contributed by atoms with E-state index in [-0.39, 0.29) is 5.91 Å². The smallest absolute Gasteiger partial charge is 0.407 e. The van der Waals surface area contributed by atoms with Crippen LogP contribution in [0.15, 0.2) is 30.3 Å². The molecule has 5 nitrogen and oxygen atoms in total. The average Bonchev–Trinajstić information content (AvgIpc) is 2.48. The van der Waals surface area contributed by atoms with E-state index in [1.54, 1.807) is 0 Å². The predicted molar refractivity (Wildman–Crippen MR) is 75.3 cm³/mol. The van der Waals surface area contributed by atoms with Crippen molar-refractivity contribution in [2.45, 2.75) is 31.7 Å². The maximum absolute atomic E-state index is 11.3. The van der Waals surface area contributed by atoms with Crippen LogP contribution in [-0.2, 0) is 16.0 Å². The molecule has 1 aromatic carbocycles. The summed E-state index contributed by atoms with van der Waals surface area (Å²) in [6.07, 6.45) is 3.49. The van der Waals surface area contributed by atoms with Gasteiger partial charge in [-0.1, -0.05) is 30.3 Å². The summed E-state index contributed by atoms with van der Waals surface area (Å²) in [5.74, 6) is -0.148. The molecule has 0 saturated carbocycles. The van der Waals surface area contributed by atoms with Crippen LogP contribution in [0, 0.1) is 0 Å². The number of unbranched alkanes of at least 4 members (excludes halogenated alkanes) is 2. The molecule has 2 amide bonds. The van der Waals surface area contributed by atoms with Gasteiger partial charge in [0.05, 0.1) is 6.61 Å². The number of carbonyl (C=O) groups is 2. The maximum Gasteiger partial charge on any atom is 0.407 e. The number of amides is 2. The van der Waals surface area contributed by atoms with Crippen molar-refractivity contribution in [3.05, 3.63) is 35.9 Å². The van der Waals surface area contributed by atoms with Gasteiger partial charge >= 0.3 is 6.09 Å². The quantitative estimate of drug-likeness (QED) is 0.587. The van der Waals surface area contributed by atoms with Crippen molar-refractivity contribution in [3.63, 3.8) is 0 Å². The van der Waals surface area contributed by atoms with Crippen molar-refractivity contribution in [1.29, 1.82) is 0 Å². The highest BCUT2D eigenvalue weighted by Gasteiger charge is 2.29. The maximum atomic E-state index is 11.3. The molecule has 2 rings (SSSR count). The summed E-state index contributed by atoms with van der Waals surface area (Å²) in [4.78, 5) is 22.3. The molecule has 1 saturated heterocycles. The number of alkyl carbamates (subject to hydrolysis) is 1. The molecule has 0 radical (unpaired) electrons. The SMILES string of the molecule is O=C(NC1CNC1=O)OCCCCCc1ccccc1. The van der Waals surface area contributed by atoms with Gasteiger partial charge in [-0.05, 0) is 31.2 Å². The zero-order chi connectivity index (χ0) is 14.2. The van der Waals surface area contributed by atoms with E-state index in [1.807, 2.05) is 18.2 Å². The second-order valence-electron chi connectivity index (χ2n) is 4.87. The minimum absolute atomic E-state index is 0.148. The van der Waals surface area contributed by atoms with Crippen LogP contribution in [0.1, 0.15) is 24.8 Å². The number of aryl methyl sites for hydroxylation is 1. The Kier molecular flexibility index (Phi) is 5.41. The van der Waals surface area contributed by atoms with Crippen LogP contribution >= 0.6 is 0 Å². The highest BCUT2D eigenvalue weighted by molar-refractivity contribution is 5.90. The lowest BCUT2D eigenvalue weighted by Gasteiger charge is -2.26. The number of hydrogen-bond acceptors (Lipinski definition) is 3. The second-order valence-corrected chi connectivity index (χ2v) is 4.87. The van der Waals surface area contributed by atoms with Gasteiger partial charge in [0, 0.05) is 6.54 Å².